The second kappa shape index (κ2) is 9.54. The summed E-state index contributed by atoms with van der Waals surface area (Å²) in [6, 6.07) is 3.21. The first kappa shape index (κ1) is 22.0. The van der Waals surface area contributed by atoms with E-state index in [2.05, 4.69) is 41.8 Å². The average molecular weight is 446 g/mol. The summed E-state index contributed by atoms with van der Waals surface area (Å²) in [5, 5.41) is 28.2. The van der Waals surface area contributed by atoms with E-state index in [4.69, 9.17) is 6.42 Å². The zero-order valence-electron chi connectivity index (χ0n) is 17.9. The van der Waals surface area contributed by atoms with E-state index in [1.807, 2.05) is 0 Å². The Balaban J connectivity index is 1.70. The van der Waals surface area contributed by atoms with Crippen LogP contribution in [-0.4, -0.2) is 46.7 Å². The van der Waals surface area contributed by atoms with Crippen molar-refractivity contribution in [3.05, 3.63) is 35.9 Å². The number of aliphatic hydroxyl groups excluding tert-OH is 1. The fourth-order valence-corrected chi connectivity index (χ4v) is 3.18. The molecule has 0 unspecified atom stereocenters. The first-order chi connectivity index (χ1) is 16.0. The monoisotopic (exact) mass is 446 g/mol. The Kier molecular flexibility index (Phi) is 6.37. The first-order valence-electron chi connectivity index (χ1n) is 10.4. The summed E-state index contributed by atoms with van der Waals surface area (Å²) in [5.74, 6) is 2.99. The van der Waals surface area contributed by atoms with Gasteiger partial charge in [0.2, 0.25) is 5.91 Å². The Morgan fingerprint density at radius 2 is 2.12 bits per heavy atom. The Hall–Kier alpha value is -4.17. The summed E-state index contributed by atoms with van der Waals surface area (Å²) in [6.45, 7) is 1.61. The topological polar surface area (TPSA) is 148 Å². The van der Waals surface area contributed by atoms with Crippen LogP contribution in [0.3, 0.4) is 0 Å². The normalized spacial score (nSPS) is 12.8. The van der Waals surface area contributed by atoms with Crippen LogP contribution in [0, 0.1) is 18.3 Å². The molecule has 11 nitrogen and oxygen atoms in total. The number of carbonyl (C=O) groups excluding carboxylic acids is 2. The molecule has 0 atom stereocenters. The molecule has 0 saturated heterocycles. The molecule has 3 heterocycles. The minimum absolute atomic E-state index is 0.0127. The largest absolute Gasteiger partial charge is 0.392 e. The van der Waals surface area contributed by atoms with Gasteiger partial charge in [0.15, 0.2) is 23.1 Å². The fourth-order valence-electron chi connectivity index (χ4n) is 3.18. The molecule has 0 spiro atoms. The van der Waals surface area contributed by atoms with Crippen LogP contribution in [-0.2, 0) is 17.9 Å². The molecule has 168 valence electrons. The fraction of sp³-hybridized carbons (Fsp3) is 0.318. The van der Waals surface area contributed by atoms with Crippen LogP contribution in [0.25, 0.3) is 11.4 Å². The van der Waals surface area contributed by atoms with Crippen LogP contribution >= 0.6 is 0 Å². The van der Waals surface area contributed by atoms with Gasteiger partial charge >= 0.3 is 0 Å². The average Bonchev–Trinajstić information content (AvgIpc) is 3.58. The number of ketones is 1. The van der Waals surface area contributed by atoms with Gasteiger partial charge in [0.05, 0.1) is 12.3 Å². The molecule has 0 bridgehead atoms. The Bertz CT molecular complexity index is 1240. The lowest BCUT2D eigenvalue weighted by molar-refractivity contribution is -0.117. The van der Waals surface area contributed by atoms with Gasteiger partial charge in [-0.15, -0.1) is 16.6 Å². The van der Waals surface area contributed by atoms with Crippen molar-refractivity contribution in [2.75, 3.05) is 10.6 Å². The molecule has 4 rings (SSSR count). The van der Waals surface area contributed by atoms with E-state index in [0.717, 1.165) is 12.8 Å². The predicted octanol–water partition coefficient (Wildman–Crippen LogP) is 1.94. The van der Waals surface area contributed by atoms with Crippen molar-refractivity contribution in [1.82, 2.24) is 29.9 Å². The highest BCUT2D eigenvalue weighted by atomic mass is 16.3. The summed E-state index contributed by atoms with van der Waals surface area (Å²) >= 11 is 0. The van der Waals surface area contributed by atoms with Gasteiger partial charge in [-0.2, -0.15) is 5.10 Å². The molecule has 0 aromatic carbocycles. The smallest absolute Gasteiger partial charge is 0.228 e. The maximum Gasteiger partial charge on any atom is 0.228 e. The van der Waals surface area contributed by atoms with Crippen molar-refractivity contribution in [3.63, 3.8) is 0 Å². The third-order valence-corrected chi connectivity index (χ3v) is 5.08. The predicted molar refractivity (Wildman–Crippen MR) is 119 cm³/mol. The molecule has 3 aromatic heterocycles. The van der Waals surface area contributed by atoms with Crippen molar-refractivity contribution < 1.29 is 14.7 Å². The highest BCUT2D eigenvalue weighted by Gasteiger charge is 2.30. The number of aliphatic hydroxyl groups is 1. The van der Waals surface area contributed by atoms with Crippen LogP contribution in [0.1, 0.15) is 42.2 Å². The van der Waals surface area contributed by atoms with Gasteiger partial charge in [0, 0.05) is 35.7 Å². The molecule has 3 aromatic rings. The number of Topliss-reactive ketones (excluding diaryl/α,β-unsaturated/α-hetero) is 1. The maximum absolute atomic E-state index is 12.4. The highest BCUT2D eigenvalue weighted by molar-refractivity contribution is 6.01. The minimum atomic E-state index is -0.365. The van der Waals surface area contributed by atoms with Crippen molar-refractivity contribution >= 4 is 29.0 Å². The molecule has 11 heteroatoms. The number of hydrogen-bond acceptors (Lipinski definition) is 9. The number of rotatable bonds is 9. The maximum atomic E-state index is 12.4. The minimum Gasteiger partial charge on any atom is -0.392 e. The summed E-state index contributed by atoms with van der Waals surface area (Å²) in [6.07, 6.45) is 10.3. The number of aromatic nitrogens is 6. The number of hydrogen-bond donors (Lipinski definition) is 3. The molecular formula is C22H22N8O3. The number of amides is 1. The summed E-state index contributed by atoms with van der Waals surface area (Å²) < 4.78 is 1.50. The quantitative estimate of drug-likeness (QED) is 0.331. The van der Waals surface area contributed by atoms with E-state index >= 15 is 0 Å². The first-order valence-corrected chi connectivity index (χ1v) is 10.4. The Morgan fingerprint density at radius 3 is 2.82 bits per heavy atom. The molecule has 0 aliphatic heterocycles. The number of carbonyl (C=O) groups is 2. The molecule has 3 N–H and O–H groups in total. The highest BCUT2D eigenvalue weighted by Crippen LogP contribution is 2.32. The van der Waals surface area contributed by atoms with E-state index in [1.165, 1.54) is 23.3 Å². The Labute approximate surface area is 189 Å². The molecule has 1 fully saturated rings. The molecular weight excluding hydrogens is 424 g/mol. The van der Waals surface area contributed by atoms with E-state index in [0.29, 0.717) is 28.5 Å². The molecule has 1 amide bonds. The van der Waals surface area contributed by atoms with Gasteiger partial charge in [0.1, 0.15) is 18.7 Å². The lowest BCUT2D eigenvalue weighted by atomic mass is 10.1. The van der Waals surface area contributed by atoms with Crippen molar-refractivity contribution in [2.24, 2.45) is 5.92 Å². The molecule has 1 saturated carbocycles. The van der Waals surface area contributed by atoms with Gasteiger partial charge in [-0.25, -0.2) is 14.6 Å². The van der Waals surface area contributed by atoms with Gasteiger partial charge in [-0.3, -0.25) is 9.59 Å². The summed E-state index contributed by atoms with van der Waals surface area (Å²) in [4.78, 5) is 33.1. The van der Waals surface area contributed by atoms with Crippen LogP contribution in [0.5, 0.6) is 0 Å². The van der Waals surface area contributed by atoms with Gasteiger partial charge in [-0.1, -0.05) is 12.8 Å². The standard InChI is InChI=1S/C22H22N8O3/c1-3-9-30-12-24-21(29-30)14-7-8-23-20(15(14)11-31)25-16-10-18(26-22(33)13-5-6-13)27-28-19(16)17(32)4-2/h1,7-8,10,12-13,31H,4-6,9,11H2,2H3,(H2,23,25,26,27,33). The Morgan fingerprint density at radius 1 is 1.30 bits per heavy atom. The zero-order chi connectivity index (χ0) is 23.4. The summed E-state index contributed by atoms with van der Waals surface area (Å²) in [5.41, 5.74) is 1.40. The second-order valence-electron chi connectivity index (χ2n) is 7.47. The van der Waals surface area contributed by atoms with Crippen molar-refractivity contribution in [1.29, 1.82) is 0 Å². The number of nitrogens with one attached hydrogen (secondary N) is 2. The molecule has 1 aliphatic carbocycles. The molecule has 33 heavy (non-hydrogen) atoms. The number of anilines is 3. The zero-order valence-corrected chi connectivity index (χ0v) is 17.9. The van der Waals surface area contributed by atoms with Gasteiger partial charge in [0.25, 0.3) is 0 Å². The van der Waals surface area contributed by atoms with Crippen molar-refractivity contribution in [3.8, 4) is 23.7 Å². The number of nitrogens with zero attached hydrogens (tertiary/aromatic N) is 6. The van der Waals surface area contributed by atoms with E-state index in [9.17, 15) is 14.7 Å². The number of pyridine rings is 1. The van der Waals surface area contributed by atoms with Crippen LogP contribution in [0.4, 0.5) is 17.3 Å². The van der Waals surface area contributed by atoms with Gasteiger partial charge in [-0.05, 0) is 18.9 Å². The summed E-state index contributed by atoms with van der Waals surface area (Å²) in [7, 11) is 0. The van der Waals surface area contributed by atoms with E-state index in [-0.39, 0.29) is 48.7 Å². The third kappa shape index (κ3) is 4.86. The molecule has 0 radical (unpaired) electrons. The van der Waals surface area contributed by atoms with Crippen LogP contribution in [0.2, 0.25) is 0 Å². The van der Waals surface area contributed by atoms with Crippen molar-refractivity contribution in [2.45, 2.75) is 39.3 Å². The third-order valence-electron chi connectivity index (χ3n) is 5.08. The van der Waals surface area contributed by atoms with E-state index < -0.39 is 0 Å². The number of terminal acetylenes is 1. The van der Waals surface area contributed by atoms with E-state index in [1.54, 1.807) is 13.0 Å². The van der Waals surface area contributed by atoms with Gasteiger partial charge < -0.3 is 15.7 Å². The SMILES string of the molecule is C#CCn1cnc(-c2ccnc(Nc3cc(NC(=O)C4CC4)nnc3C(=O)CC)c2CO)n1. The lowest BCUT2D eigenvalue weighted by Crippen LogP contribution is -2.17. The lowest BCUT2D eigenvalue weighted by Gasteiger charge is -2.15. The molecule has 1 aliphatic rings. The second-order valence-corrected chi connectivity index (χ2v) is 7.47. The van der Waals surface area contributed by atoms with Crippen LogP contribution in [0.15, 0.2) is 24.7 Å². The van der Waals surface area contributed by atoms with Crippen LogP contribution < -0.4 is 10.6 Å².